The van der Waals surface area contributed by atoms with Crippen molar-refractivity contribution in [2.24, 2.45) is 11.3 Å². The normalized spacial score (nSPS) is 17.5. The Morgan fingerprint density at radius 1 is 1.05 bits per heavy atom. The number of hydrogen-bond donors (Lipinski definition) is 3. The van der Waals surface area contributed by atoms with Crippen molar-refractivity contribution in [1.82, 2.24) is 15.7 Å². The molecule has 1 amide bonds. The molecule has 0 saturated heterocycles. The molecule has 4 nitrogen and oxygen atoms in total. The fourth-order valence-electron chi connectivity index (χ4n) is 4.47. The van der Waals surface area contributed by atoms with Crippen LogP contribution >= 0.6 is 7.70 Å². The van der Waals surface area contributed by atoms with Gasteiger partial charge in [0, 0.05) is 12.3 Å². The summed E-state index contributed by atoms with van der Waals surface area (Å²) >= 11 is 0. The van der Waals surface area contributed by atoms with Gasteiger partial charge in [-0.25, -0.2) is 0 Å². The maximum absolute atomic E-state index is 10.4. The van der Waals surface area contributed by atoms with Gasteiger partial charge in [0.1, 0.15) is 12.0 Å². The van der Waals surface area contributed by atoms with Crippen molar-refractivity contribution in [3.8, 4) is 0 Å². The third-order valence-corrected chi connectivity index (χ3v) is 8.60. The van der Waals surface area contributed by atoms with Crippen molar-refractivity contribution in [2.75, 3.05) is 12.7 Å². The van der Waals surface area contributed by atoms with E-state index in [4.69, 9.17) is 0 Å². The van der Waals surface area contributed by atoms with Gasteiger partial charge < -0.3 is 10.6 Å². The molecule has 5 heteroatoms. The number of rotatable bonds is 7. The van der Waals surface area contributed by atoms with Gasteiger partial charge in [0.2, 0.25) is 0 Å². The quantitative estimate of drug-likeness (QED) is 0.173. The Kier molecular flexibility index (Phi) is 27.0. The highest BCUT2D eigenvalue weighted by atomic mass is 31.1. The first kappa shape index (κ1) is 40.0. The second-order valence-corrected chi connectivity index (χ2v) is 12.4. The van der Waals surface area contributed by atoms with Crippen LogP contribution in [0.1, 0.15) is 111 Å². The van der Waals surface area contributed by atoms with Crippen molar-refractivity contribution in [1.29, 1.82) is 0 Å². The number of hydrogen-bond acceptors (Lipinski definition) is 3. The van der Waals surface area contributed by atoms with Gasteiger partial charge in [-0.05, 0) is 44.4 Å². The Labute approximate surface area is 250 Å². The molecule has 2 fully saturated rings. The van der Waals surface area contributed by atoms with E-state index in [1.165, 1.54) is 56.6 Å². The summed E-state index contributed by atoms with van der Waals surface area (Å²) in [6.45, 7) is 23.1. The molecule has 1 spiro atoms. The lowest BCUT2D eigenvalue weighted by atomic mass is 9.63. The number of carbonyl (C=O) groups is 1. The van der Waals surface area contributed by atoms with E-state index >= 15 is 0 Å². The monoisotopic (exact) mass is 572 g/mol. The molecular formula is C35H63N3OP+. The molecule has 2 atom stereocenters. The summed E-state index contributed by atoms with van der Waals surface area (Å²) in [7, 11) is -0.155. The van der Waals surface area contributed by atoms with E-state index in [0.717, 1.165) is 24.0 Å². The smallest absolute Gasteiger partial charge is 0.250 e. The highest BCUT2D eigenvalue weighted by Gasteiger charge is 2.44. The van der Waals surface area contributed by atoms with Crippen LogP contribution in [0.5, 0.6) is 0 Å². The van der Waals surface area contributed by atoms with Crippen molar-refractivity contribution in [2.45, 2.75) is 113 Å². The van der Waals surface area contributed by atoms with Crippen molar-refractivity contribution in [3.05, 3.63) is 73.2 Å². The molecular weight excluding hydrogens is 509 g/mol. The molecule has 3 aliphatic rings. The summed E-state index contributed by atoms with van der Waals surface area (Å²) in [6, 6.07) is 10.3. The Morgan fingerprint density at radius 2 is 1.62 bits per heavy atom. The van der Waals surface area contributed by atoms with Crippen LogP contribution in [0.15, 0.2) is 67.7 Å². The summed E-state index contributed by atoms with van der Waals surface area (Å²) in [6.07, 6.45) is 24.6. The third kappa shape index (κ3) is 20.7. The second-order valence-electron chi connectivity index (χ2n) is 10.3. The lowest BCUT2D eigenvalue weighted by Crippen LogP contribution is -2.31. The van der Waals surface area contributed by atoms with Crippen molar-refractivity contribution in [3.63, 3.8) is 0 Å². The predicted octanol–water partition coefficient (Wildman–Crippen LogP) is 9.89. The minimum Gasteiger partial charge on any atom is -0.348 e. The molecule has 1 aromatic rings. The van der Waals surface area contributed by atoms with Gasteiger partial charge in [-0.1, -0.05) is 128 Å². The lowest BCUT2D eigenvalue weighted by molar-refractivity contribution is -0.116. The van der Waals surface area contributed by atoms with E-state index in [-0.39, 0.29) is 13.6 Å². The molecule has 1 heterocycles. The first-order valence-corrected chi connectivity index (χ1v) is 17.3. The SMILES string of the molecule is C=C1NC=CC(=O)N1.C=CCN[P+](=C)CC.CC.CC1CCCC12CCC2.CCCCCC.Cc1ccccc1. The zero-order valence-electron chi connectivity index (χ0n) is 27.2. The van der Waals surface area contributed by atoms with Crippen LogP contribution in [0.3, 0.4) is 0 Å². The molecule has 4 rings (SSSR count). The van der Waals surface area contributed by atoms with Gasteiger partial charge >= 0.3 is 0 Å². The van der Waals surface area contributed by atoms with Crippen molar-refractivity contribution < 1.29 is 4.79 Å². The van der Waals surface area contributed by atoms with E-state index in [1.54, 1.807) is 25.5 Å². The summed E-state index contributed by atoms with van der Waals surface area (Å²) < 4.78 is 0. The molecule has 1 aromatic carbocycles. The van der Waals surface area contributed by atoms with Gasteiger partial charge in [0.25, 0.3) is 5.91 Å². The van der Waals surface area contributed by atoms with Crippen LogP contribution in [-0.4, -0.2) is 24.9 Å². The number of aryl methyl sites for hydroxylation is 1. The minimum absolute atomic E-state index is 0.131. The average molecular weight is 573 g/mol. The summed E-state index contributed by atoms with van der Waals surface area (Å²) in [5.41, 5.74) is 2.20. The molecule has 0 bridgehead atoms. The average Bonchev–Trinajstić information content (AvgIpc) is 3.35. The topological polar surface area (TPSA) is 53.2 Å². The molecule has 0 aromatic heterocycles. The molecule has 40 heavy (non-hydrogen) atoms. The molecule has 3 N–H and O–H groups in total. The first-order chi connectivity index (χ1) is 19.2. The highest BCUT2D eigenvalue weighted by molar-refractivity contribution is 7.53. The van der Waals surface area contributed by atoms with E-state index < -0.39 is 0 Å². The van der Waals surface area contributed by atoms with E-state index in [9.17, 15) is 4.79 Å². The Bertz CT molecular complexity index is 811. The lowest BCUT2D eigenvalue weighted by Gasteiger charge is -2.42. The van der Waals surface area contributed by atoms with E-state index in [2.05, 4.69) is 81.9 Å². The number of benzene rings is 1. The minimum atomic E-state index is -0.155. The van der Waals surface area contributed by atoms with Gasteiger partial charge in [-0.2, -0.15) is 0 Å². The van der Waals surface area contributed by atoms with E-state index in [0.29, 0.717) is 5.82 Å². The van der Waals surface area contributed by atoms with Crippen LogP contribution < -0.4 is 15.7 Å². The predicted molar refractivity (Wildman–Crippen MR) is 184 cm³/mol. The third-order valence-electron chi connectivity index (χ3n) is 7.21. The standard InChI is InChI=1S/C9H16.C7H8.C6H13NP.C6H14.C5H6N2O.C2H6/c1-8-4-2-5-9(8)6-3-7-9;1-7-5-3-2-4-6-7;1-4-6-7-8(3)5-2;1-3-5-6-4-2;1-4-6-3-2-5(8)7-4;1-2/h8H,2-7H2,1H3;2-6H,1H3;4,7H,1,3,5-6H2,2H3;3-6H2,1-2H3;2-3,6H,1H2,(H,7,8);1-2H3/q;;+1;;;. The van der Waals surface area contributed by atoms with Gasteiger partial charge in [-0.15, -0.1) is 11.7 Å². The fraction of sp³-hybridized carbons (Fsp3) is 0.600. The van der Waals surface area contributed by atoms with Gasteiger partial charge in [0.05, 0.1) is 12.8 Å². The zero-order chi connectivity index (χ0) is 30.7. The Balaban J connectivity index is 0. The molecule has 2 aliphatic carbocycles. The largest absolute Gasteiger partial charge is 0.348 e. The maximum Gasteiger partial charge on any atom is 0.250 e. The molecule has 2 saturated carbocycles. The zero-order valence-corrected chi connectivity index (χ0v) is 28.1. The number of nitrogens with one attached hydrogen (secondary N) is 3. The van der Waals surface area contributed by atoms with Gasteiger partial charge in [0.15, 0.2) is 7.70 Å². The van der Waals surface area contributed by atoms with Crippen LogP contribution in [0.25, 0.3) is 0 Å². The Morgan fingerprint density at radius 3 is 1.90 bits per heavy atom. The second kappa shape index (κ2) is 27.0. The highest BCUT2D eigenvalue weighted by Crippen LogP contribution is 2.56. The fourth-order valence-corrected chi connectivity index (χ4v) is 5.08. The molecule has 228 valence electrons. The van der Waals surface area contributed by atoms with Crippen LogP contribution in [0.2, 0.25) is 0 Å². The maximum atomic E-state index is 10.4. The Hall–Kier alpha value is -2.16. The van der Waals surface area contributed by atoms with Crippen LogP contribution in [0, 0.1) is 18.3 Å². The van der Waals surface area contributed by atoms with Crippen LogP contribution in [-0.2, 0) is 4.79 Å². The number of carbonyl (C=O) groups excluding carboxylic acids is 1. The van der Waals surface area contributed by atoms with Crippen molar-refractivity contribution >= 4 is 19.9 Å². The summed E-state index contributed by atoms with van der Waals surface area (Å²) in [4.78, 5) is 10.4. The first-order valence-electron chi connectivity index (χ1n) is 15.6. The van der Waals surface area contributed by atoms with Crippen LogP contribution in [0.4, 0.5) is 0 Å². The molecule has 2 unspecified atom stereocenters. The summed E-state index contributed by atoms with van der Waals surface area (Å²) in [5, 5.41) is 8.37. The number of amides is 1. The summed E-state index contributed by atoms with van der Waals surface area (Å²) in [5.74, 6) is 1.46. The molecule has 1 aliphatic heterocycles. The molecule has 0 radical (unpaired) electrons. The number of unbranched alkanes of at least 4 members (excludes halogenated alkanes) is 3. The van der Waals surface area contributed by atoms with E-state index in [1.807, 2.05) is 38.1 Å². The van der Waals surface area contributed by atoms with Gasteiger partial charge in [-0.3, -0.25) is 4.79 Å².